The Hall–Kier alpha value is -0.420. The number of fused-ring (bicyclic) bond motifs is 4. The second-order valence-corrected chi connectivity index (χ2v) is 10.5. The summed E-state index contributed by atoms with van der Waals surface area (Å²) in [7, 11) is 0. The Labute approximate surface area is 156 Å². The van der Waals surface area contributed by atoms with E-state index in [-0.39, 0.29) is 41.3 Å². The van der Waals surface area contributed by atoms with Crippen molar-refractivity contribution in [2.24, 2.45) is 39.9 Å². The first-order chi connectivity index (χ1) is 12.4. The zero-order chi connectivity index (χ0) is 18.4. The van der Waals surface area contributed by atoms with Crippen molar-refractivity contribution in [1.82, 2.24) is 0 Å². The van der Waals surface area contributed by atoms with Gasteiger partial charge >= 0.3 is 0 Å². The summed E-state index contributed by atoms with van der Waals surface area (Å²) in [6.45, 7) is 10.9. The molecule has 26 heavy (non-hydrogen) atoms. The summed E-state index contributed by atoms with van der Waals surface area (Å²) in [6, 6.07) is 0. The Morgan fingerprint density at radius 1 is 1.12 bits per heavy atom. The lowest BCUT2D eigenvalue weighted by atomic mass is 9.53. The second kappa shape index (κ2) is 5.34. The van der Waals surface area contributed by atoms with Crippen LogP contribution in [0, 0.1) is 39.9 Å². The standard InChI is InChI=1S/C22H34O4/c1-14-9-21-10-15(14)22(25-7-8-26-22)11-17(21)20(3)6-4-5-19(2,13-24)18(20)16(21)12-23/h15-18,23-24H,1,4-13H2,2-3H3/t15-,16+,17+,18-,19+,20+,21-/m1/s1. The van der Waals surface area contributed by atoms with Crippen molar-refractivity contribution in [3.05, 3.63) is 12.2 Å². The van der Waals surface area contributed by atoms with Gasteiger partial charge in [0.25, 0.3) is 0 Å². The molecular formula is C22H34O4. The molecule has 1 aliphatic heterocycles. The molecule has 2 spiro atoms. The van der Waals surface area contributed by atoms with Gasteiger partial charge in [-0.05, 0) is 59.7 Å². The summed E-state index contributed by atoms with van der Waals surface area (Å²) in [6.07, 6.45) is 6.37. The fourth-order valence-corrected chi connectivity index (χ4v) is 8.84. The molecular weight excluding hydrogens is 328 g/mol. The fraction of sp³-hybridized carbons (Fsp3) is 0.909. The predicted octanol–water partition coefficient (Wildman–Crippen LogP) is 3.13. The number of hydrogen-bond donors (Lipinski definition) is 2. The first-order valence-corrected chi connectivity index (χ1v) is 10.5. The van der Waals surface area contributed by atoms with Gasteiger partial charge in [0.1, 0.15) is 0 Å². The van der Waals surface area contributed by atoms with Crippen molar-refractivity contribution >= 4 is 0 Å². The molecule has 2 bridgehead atoms. The maximum Gasteiger partial charge on any atom is 0.175 e. The van der Waals surface area contributed by atoms with Crippen LogP contribution in [0.15, 0.2) is 12.2 Å². The molecule has 5 aliphatic rings. The lowest BCUT2D eigenvalue weighted by molar-refractivity contribution is -0.230. The molecule has 0 unspecified atom stereocenters. The lowest BCUT2D eigenvalue weighted by Crippen LogP contribution is -2.51. The number of rotatable bonds is 2. The highest BCUT2D eigenvalue weighted by atomic mass is 16.7. The Morgan fingerprint density at radius 3 is 2.50 bits per heavy atom. The van der Waals surface area contributed by atoms with Crippen molar-refractivity contribution in [2.45, 2.75) is 58.2 Å². The van der Waals surface area contributed by atoms with E-state index in [4.69, 9.17) is 9.47 Å². The number of aliphatic hydroxyl groups excluding tert-OH is 2. The molecule has 4 heteroatoms. The third kappa shape index (κ3) is 1.85. The molecule has 0 aromatic carbocycles. The van der Waals surface area contributed by atoms with Crippen LogP contribution >= 0.6 is 0 Å². The molecule has 7 atom stereocenters. The Morgan fingerprint density at radius 2 is 1.85 bits per heavy atom. The zero-order valence-corrected chi connectivity index (χ0v) is 16.3. The van der Waals surface area contributed by atoms with Crippen LogP contribution in [0.5, 0.6) is 0 Å². The first kappa shape index (κ1) is 17.7. The molecule has 0 radical (unpaired) electrons. The van der Waals surface area contributed by atoms with Gasteiger partial charge in [-0.15, -0.1) is 0 Å². The van der Waals surface area contributed by atoms with Gasteiger partial charge in [0.15, 0.2) is 5.79 Å². The number of aliphatic hydroxyl groups is 2. The topological polar surface area (TPSA) is 58.9 Å². The largest absolute Gasteiger partial charge is 0.396 e. The predicted molar refractivity (Wildman–Crippen MR) is 98.3 cm³/mol. The van der Waals surface area contributed by atoms with E-state index in [9.17, 15) is 10.2 Å². The molecule has 0 aromatic heterocycles. The summed E-state index contributed by atoms with van der Waals surface area (Å²) < 4.78 is 12.5. The molecule has 4 nitrogen and oxygen atoms in total. The highest BCUT2D eigenvalue weighted by Crippen LogP contribution is 2.79. The zero-order valence-electron chi connectivity index (χ0n) is 16.3. The maximum atomic E-state index is 10.6. The number of ether oxygens (including phenoxy) is 2. The molecule has 1 saturated heterocycles. The normalized spacial score (nSPS) is 54.5. The van der Waals surface area contributed by atoms with Crippen LogP contribution in [-0.4, -0.2) is 42.4 Å². The van der Waals surface area contributed by atoms with E-state index in [2.05, 4.69) is 20.4 Å². The highest BCUT2D eigenvalue weighted by molar-refractivity contribution is 5.30. The summed E-state index contributed by atoms with van der Waals surface area (Å²) >= 11 is 0. The van der Waals surface area contributed by atoms with Crippen LogP contribution in [-0.2, 0) is 9.47 Å². The smallest absolute Gasteiger partial charge is 0.175 e. The molecule has 0 amide bonds. The van der Waals surface area contributed by atoms with Crippen LogP contribution in [0.1, 0.15) is 52.4 Å². The van der Waals surface area contributed by atoms with E-state index >= 15 is 0 Å². The van der Waals surface area contributed by atoms with Gasteiger partial charge in [-0.2, -0.15) is 0 Å². The van der Waals surface area contributed by atoms with Gasteiger partial charge in [-0.25, -0.2) is 0 Å². The van der Waals surface area contributed by atoms with Gasteiger partial charge in [0.05, 0.1) is 13.2 Å². The highest BCUT2D eigenvalue weighted by Gasteiger charge is 2.75. The summed E-state index contributed by atoms with van der Waals surface area (Å²) in [5, 5.41) is 20.9. The summed E-state index contributed by atoms with van der Waals surface area (Å²) in [4.78, 5) is 0. The third-order valence-corrected chi connectivity index (χ3v) is 9.54. The van der Waals surface area contributed by atoms with E-state index < -0.39 is 5.79 Å². The lowest BCUT2D eigenvalue weighted by Gasteiger charge is -2.53. The second-order valence-electron chi connectivity index (χ2n) is 10.5. The molecule has 0 aromatic rings. The average molecular weight is 363 g/mol. The third-order valence-electron chi connectivity index (χ3n) is 9.54. The van der Waals surface area contributed by atoms with E-state index in [0.717, 1.165) is 32.1 Å². The molecule has 4 saturated carbocycles. The van der Waals surface area contributed by atoms with Gasteiger partial charge in [0.2, 0.25) is 0 Å². The minimum absolute atomic E-state index is 0.101. The summed E-state index contributed by atoms with van der Waals surface area (Å²) in [5.74, 6) is 0.853. The molecule has 1 heterocycles. The van der Waals surface area contributed by atoms with E-state index in [1.165, 1.54) is 12.0 Å². The van der Waals surface area contributed by atoms with Gasteiger partial charge < -0.3 is 19.7 Å². The van der Waals surface area contributed by atoms with Gasteiger partial charge in [-0.3, -0.25) is 0 Å². The number of hydrogen-bond acceptors (Lipinski definition) is 4. The van der Waals surface area contributed by atoms with Crippen LogP contribution in [0.2, 0.25) is 0 Å². The van der Waals surface area contributed by atoms with Gasteiger partial charge in [-0.1, -0.05) is 32.4 Å². The molecule has 5 fully saturated rings. The van der Waals surface area contributed by atoms with E-state index in [0.29, 0.717) is 25.0 Å². The monoisotopic (exact) mass is 362 g/mol. The quantitative estimate of drug-likeness (QED) is 0.741. The van der Waals surface area contributed by atoms with Crippen LogP contribution < -0.4 is 0 Å². The molecule has 2 N–H and O–H groups in total. The SMILES string of the molecule is C=C1C[C@]23C[C@H]1C1(C[C@H]2[C@]2(C)CCC[C@@](C)(CO)[C@H]2[C@@H]3CO)OCCO1. The minimum atomic E-state index is -0.479. The Kier molecular flexibility index (Phi) is 3.63. The molecule has 5 rings (SSSR count). The van der Waals surface area contributed by atoms with E-state index in [1.54, 1.807) is 0 Å². The summed E-state index contributed by atoms with van der Waals surface area (Å²) in [5.41, 5.74) is 1.40. The Balaban J connectivity index is 1.66. The average Bonchev–Trinajstić information content (AvgIpc) is 3.25. The van der Waals surface area contributed by atoms with E-state index in [1.807, 2.05) is 0 Å². The van der Waals surface area contributed by atoms with Crippen LogP contribution in [0.3, 0.4) is 0 Å². The first-order valence-electron chi connectivity index (χ1n) is 10.5. The van der Waals surface area contributed by atoms with Crippen molar-refractivity contribution in [2.75, 3.05) is 26.4 Å². The minimum Gasteiger partial charge on any atom is -0.396 e. The van der Waals surface area contributed by atoms with Crippen molar-refractivity contribution in [3.63, 3.8) is 0 Å². The fourth-order valence-electron chi connectivity index (χ4n) is 8.84. The van der Waals surface area contributed by atoms with Crippen molar-refractivity contribution < 1.29 is 19.7 Å². The van der Waals surface area contributed by atoms with Crippen molar-refractivity contribution in [1.29, 1.82) is 0 Å². The Bertz CT molecular complexity index is 626. The molecule has 146 valence electrons. The maximum absolute atomic E-state index is 10.6. The van der Waals surface area contributed by atoms with Crippen molar-refractivity contribution in [3.8, 4) is 0 Å². The van der Waals surface area contributed by atoms with Gasteiger partial charge in [0, 0.05) is 25.6 Å². The van der Waals surface area contributed by atoms with Crippen LogP contribution in [0.4, 0.5) is 0 Å². The molecule has 4 aliphatic carbocycles. The van der Waals surface area contributed by atoms with Crippen LogP contribution in [0.25, 0.3) is 0 Å².